The third kappa shape index (κ3) is 4.09. The first-order valence-corrected chi connectivity index (χ1v) is 8.58. The molecule has 1 aromatic carbocycles. The molecule has 4 nitrogen and oxygen atoms in total. The van der Waals surface area contributed by atoms with E-state index in [1.165, 1.54) is 17.4 Å². The number of hydrogen-bond donors (Lipinski definition) is 0. The number of alkyl halides is 1. The summed E-state index contributed by atoms with van der Waals surface area (Å²) in [6.07, 6.45) is 0. The average Bonchev–Trinajstić information content (AvgIpc) is 2.40. The Morgan fingerprint density at radius 3 is 2.55 bits per heavy atom. The second-order valence-corrected chi connectivity index (χ2v) is 7.06. The van der Waals surface area contributed by atoms with E-state index >= 15 is 0 Å². The van der Waals surface area contributed by atoms with Crippen LogP contribution in [-0.4, -0.2) is 39.5 Å². The van der Waals surface area contributed by atoms with Gasteiger partial charge in [0.2, 0.25) is 10.0 Å². The molecular formula is C13H19Cl2NO3S. The van der Waals surface area contributed by atoms with Gasteiger partial charge in [-0.05, 0) is 37.1 Å². The molecule has 0 radical (unpaired) electrons. The van der Waals surface area contributed by atoms with Gasteiger partial charge in [-0.15, -0.1) is 11.6 Å². The minimum absolute atomic E-state index is 0.194. The molecule has 1 aromatic rings. The van der Waals surface area contributed by atoms with Crippen LogP contribution < -0.4 is 0 Å². The minimum Gasteiger partial charge on any atom is -0.380 e. The molecule has 114 valence electrons. The summed E-state index contributed by atoms with van der Waals surface area (Å²) in [4.78, 5) is 0.194. The van der Waals surface area contributed by atoms with E-state index in [9.17, 15) is 8.42 Å². The van der Waals surface area contributed by atoms with Crippen molar-refractivity contribution in [1.29, 1.82) is 0 Å². The van der Waals surface area contributed by atoms with E-state index in [-0.39, 0.29) is 10.8 Å². The summed E-state index contributed by atoms with van der Waals surface area (Å²) in [5.74, 6) is 0.220. The molecule has 0 aromatic heterocycles. The van der Waals surface area contributed by atoms with E-state index in [0.29, 0.717) is 30.3 Å². The molecule has 1 rings (SSSR count). The Hall–Kier alpha value is -0.330. The van der Waals surface area contributed by atoms with Crippen LogP contribution in [0.1, 0.15) is 18.1 Å². The fourth-order valence-corrected chi connectivity index (χ4v) is 3.77. The van der Waals surface area contributed by atoms with Crippen molar-refractivity contribution in [2.45, 2.75) is 24.6 Å². The summed E-state index contributed by atoms with van der Waals surface area (Å²) in [5.41, 5.74) is 1.35. The van der Waals surface area contributed by atoms with Crippen molar-refractivity contribution in [2.24, 2.45) is 0 Å². The first-order chi connectivity index (χ1) is 9.34. The van der Waals surface area contributed by atoms with Crippen LogP contribution >= 0.6 is 23.2 Å². The zero-order valence-corrected chi connectivity index (χ0v) is 14.1. The Morgan fingerprint density at radius 1 is 1.35 bits per heavy atom. The molecule has 0 aliphatic heterocycles. The number of likely N-dealkylation sites (N-methyl/N-ethyl adjacent to an activating group) is 1. The molecule has 0 aliphatic carbocycles. The van der Waals surface area contributed by atoms with Gasteiger partial charge in [0.25, 0.3) is 0 Å². The molecule has 0 bridgehead atoms. The van der Waals surface area contributed by atoms with Crippen molar-refractivity contribution in [2.75, 3.05) is 26.8 Å². The maximum absolute atomic E-state index is 12.5. The quantitative estimate of drug-likeness (QED) is 0.566. The highest BCUT2D eigenvalue weighted by Crippen LogP contribution is 2.27. The number of nitrogens with zero attached hydrogens (tertiary/aromatic N) is 1. The molecule has 0 saturated heterocycles. The first-order valence-electron chi connectivity index (χ1n) is 6.23. The Labute approximate surface area is 130 Å². The normalized spacial score (nSPS) is 12.1. The van der Waals surface area contributed by atoms with Crippen molar-refractivity contribution >= 4 is 33.2 Å². The molecule has 0 aliphatic rings. The van der Waals surface area contributed by atoms with Crippen molar-refractivity contribution in [3.8, 4) is 0 Å². The highest BCUT2D eigenvalue weighted by Gasteiger charge is 2.24. The largest absolute Gasteiger partial charge is 0.380 e. The molecule has 20 heavy (non-hydrogen) atoms. The summed E-state index contributed by atoms with van der Waals surface area (Å²) in [6.45, 7) is 4.80. The average molecular weight is 340 g/mol. The highest BCUT2D eigenvalue weighted by molar-refractivity contribution is 7.89. The highest BCUT2D eigenvalue weighted by atomic mass is 35.5. The topological polar surface area (TPSA) is 46.6 Å². The lowest BCUT2D eigenvalue weighted by molar-refractivity contribution is 0.138. The van der Waals surface area contributed by atoms with Crippen LogP contribution in [0.15, 0.2) is 17.0 Å². The van der Waals surface area contributed by atoms with Gasteiger partial charge in [0.15, 0.2) is 0 Å². The number of halogens is 2. The Balaban J connectivity index is 3.12. The van der Waals surface area contributed by atoms with Gasteiger partial charge in [-0.25, -0.2) is 8.42 Å². The van der Waals surface area contributed by atoms with E-state index in [0.717, 1.165) is 5.56 Å². The van der Waals surface area contributed by atoms with Crippen LogP contribution in [-0.2, 0) is 20.6 Å². The van der Waals surface area contributed by atoms with Gasteiger partial charge in [0.05, 0.1) is 11.5 Å². The maximum Gasteiger partial charge on any atom is 0.243 e. The monoisotopic (exact) mass is 339 g/mol. The Bertz CT molecular complexity index is 561. The van der Waals surface area contributed by atoms with Crippen LogP contribution in [0.25, 0.3) is 0 Å². The van der Waals surface area contributed by atoms with Gasteiger partial charge >= 0.3 is 0 Å². The molecular weight excluding hydrogens is 321 g/mol. The second kappa shape index (κ2) is 7.61. The molecule has 0 fully saturated rings. The molecule has 0 atom stereocenters. The van der Waals surface area contributed by atoms with E-state index in [2.05, 4.69) is 0 Å². The van der Waals surface area contributed by atoms with E-state index < -0.39 is 10.0 Å². The number of ether oxygens (including phenoxy) is 1. The molecule has 0 heterocycles. The fourth-order valence-electron chi connectivity index (χ4n) is 1.74. The summed E-state index contributed by atoms with van der Waals surface area (Å²) in [7, 11) is -2.07. The predicted molar refractivity (Wildman–Crippen MR) is 82.1 cm³/mol. The Kier molecular flexibility index (Phi) is 6.75. The summed E-state index contributed by atoms with van der Waals surface area (Å²) < 4.78 is 31.5. The standard InChI is InChI=1S/C13H19Cl2NO3S/c1-4-19-6-5-16(3)20(17,18)13-8-12(15)7-11(9-14)10(13)2/h7-8H,4-6,9H2,1-3H3. The number of sulfonamides is 1. The maximum atomic E-state index is 12.5. The minimum atomic E-state index is -3.59. The second-order valence-electron chi connectivity index (χ2n) is 4.35. The van der Waals surface area contributed by atoms with Crippen molar-refractivity contribution < 1.29 is 13.2 Å². The summed E-state index contributed by atoms with van der Waals surface area (Å²) in [6, 6.07) is 3.14. The van der Waals surface area contributed by atoms with E-state index in [1.807, 2.05) is 6.92 Å². The van der Waals surface area contributed by atoms with Crippen LogP contribution in [0.3, 0.4) is 0 Å². The van der Waals surface area contributed by atoms with Gasteiger partial charge in [-0.3, -0.25) is 0 Å². The third-order valence-electron chi connectivity index (χ3n) is 3.02. The zero-order chi connectivity index (χ0) is 15.3. The molecule has 0 unspecified atom stereocenters. The van der Waals surface area contributed by atoms with Gasteiger partial charge < -0.3 is 4.74 Å². The Morgan fingerprint density at radius 2 is 2.00 bits per heavy atom. The van der Waals surface area contributed by atoms with Crippen LogP contribution in [0.4, 0.5) is 0 Å². The van der Waals surface area contributed by atoms with Crippen molar-refractivity contribution in [3.63, 3.8) is 0 Å². The van der Waals surface area contributed by atoms with Crippen LogP contribution in [0, 0.1) is 6.92 Å². The summed E-state index contributed by atoms with van der Waals surface area (Å²) in [5, 5.41) is 0.364. The first kappa shape index (κ1) is 17.7. The molecule has 0 N–H and O–H groups in total. The van der Waals surface area contributed by atoms with Crippen LogP contribution in [0.2, 0.25) is 5.02 Å². The zero-order valence-electron chi connectivity index (χ0n) is 11.8. The molecule has 0 amide bonds. The summed E-state index contributed by atoms with van der Waals surface area (Å²) >= 11 is 11.8. The third-order valence-corrected chi connectivity index (χ3v) is 5.51. The fraction of sp³-hybridized carbons (Fsp3) is 0.538. The van der Waals surface area contributed by atoms with Gasteiger partial charge in [-0.1, -0.05) is 11.6 Å². The van der Waals surface area contributed by atoms with E-state index in [1.54, 1.807) is 13.0 Å². The number of hydrogen-bond acceptors (Lipinski definition) is 3. The van der Waals surface area contributed by atoms with Gasteiger partial charge in [-0.2, -0.15) is 4.31 Å². The smallest absolute Gasteiger partial charge is 0.243 e. The van der Waals surface area contributed by atoms with E-state index in [4.69, 9.17) is 27.9 Å². The van der Waals surface area contributed by atoms with Crippen LogP contribution in [0.5, 0.6) is 0 Å². The van der Waals surface area contributed by atoms with Gasteiger partial charge in [0, 0.05) is 31.1 Å². The van der Waals surface area contributed by atoms with Gasteiger partial charge in [0.1, 0.15) is 0 Å². The molecule has 0 spiro atoms. The van der Waals surface area contributed by atoms with Crippen molar-refractivity contribution in [3.05, 3.63) is 28.3 Å². The van der Waals surface area contributed by atoms with Crippen molar-refractivity contribution in [1.82, 2.24) is 4.31 Å². The molecule has 7 heteroatoms. The lowest BCUT2D eigenvalue weighted by Gasteiger charge is -2.19. The predicted octanol–water partition coefficient (Wildman–Crippen LogP) is 3.04. The SMILES string of the molecule is CCOCCN(C)S(=O)(=O)c1cc(Cl)cc(CCl)c1C. The lowest BCUT2D eigenvalue weighted by Crippen LogP contribution is -2.31. The number of benzene rings is 1. The lowest BCUT2D eigenvalue weighted by atomic mass is 10.1. The number of rotatable bonds is 7. The molecule has 0 saturated carbocycles.